The van der Waals surface area contributed by atoms with Gasteiger partial charge in [0.1, 0.15) is 6.42 Å². The first-order chi connectivity index (χ1) is 10.4. The molecule has 1 heterocycles. The fourth-order valence-electron chi connectivity index (χ4n) is 2.16. The van der Waals surface area contributed by atoms with Crippen molar-refractivity contribution in [3.63, 3.8) is 0 Å². The summed E-state index contributed by atoms with van der Waals surface area (Å²) >= 11 is 0. The van der Waals surface area contributed by atoms with Crippen molar-refractivity contribution in [2.45, 2.75) is 12.6 Å². The molecule has 0 aromatic heterocycles. The van der Waals surface area contributed by atoms with Crippen LogP contribution in [0.5, 0.6) is 0 Å². The van der Waals surface area contributed by atoms with Crippen molar-refractivity contribution in [3.8, 4) is 6.07 Å². The molecule has 1 aliphatic rings. The molecule has 1 aromatic carbocycles. The quantitative estimate of drug-likeness (QED) is 0.930. The van der Waals surface area contributed by atoms with E-state index in [0.717, 1.165) is 6.07 Å². The Labute approximate surface area is 125 Å². The van der Waals surface area contributed by atoms with Crippen LogP contribution in [0.3, 0.4) is 0 Å². The Morgan fingerprint density at radius 3 is 2.64 bits per heavy atom. The fraction of sp³-hybridized carbons (Fsp3) is 0.429. The lowest BCUT2D eigenvalue weighted by Gasteiger charge is -2.29. The predicted octanol–water partition coefficient (Wildman–Crippen LogP) is 2.39. The number of amides is 1. The number of rotatable bonds is 3. The number of hydrogen-bond acceptors (Lipinski definition) is 4. The molecule has 22 heavy (non-hydrogen) atoms. The molecule has 0 aliphatic carbocycles. The Bertz CT molecular complexity index is 590. The Kier molecular flexibility index (Phi) is 4.88. The van der Waals surface area contributed by atoms with Crippen LogP contribution < -0.4 is 10.2 Å². The zero-order valence-electron chi connectivity index (χ0n) is 11.6. The molecule has 0 bridgehead atoms. The third-order valence-electron chi connectivity index (χ3n) is 3.20. The van der Waals surface area contributed by atoms with Crippen LogP contribution in [0.4, 0.5) is 24.5 Å². The van der Waals surface area contributed by atoms with E-state index in [0.29, 0.717) is 32.0 Å². The van der Waals surface area contributed by atoms with Gasteiger partial charge in [-0.1, -0.05) is 0 Å². The lowest BCUT2D eigenvalue weighted by atomic mass is 10.1. The number of carbonyl (C=O) groups is 1. The maximum Gasteiger partial charge on any atom is 0.418 e. The average Bonchev–Trinajstić information content (AvgIpc) is 2.47. The van der Waals surface area contributed by atoms with Crippen LogP contribution in [0.15, 0.2) is 18.2 Å². The van der Waals surface area contributed by atoms with Crippen LogP contribution >= 0.6 is 0 Å². The molecule has 1 aliphatic heterocycles. The third kappa shape index (κ3) is 3.89. The van der Waals surface area contributed by atoms with E-state index in [4.69, 9.17) is 10.00 Å². The van der Waals surface area contributed by atoms with Crippen LogP contribution in [0.1, 0.15) is 12.0 Å². The van der Waals surface area contributed by atoms with Gasteiger partial charge in [0.25, 0.3) is 0 Å². The van der Waals surface area contributed by atoms with Crippen LogP contribution in [0.25, 0.3) is 0 Å². The molecule has 0 radical (unpaired) electrons. The standard InChI is InChI=1S/C14H14F3N3O2/c15-14(16,17)11-9-10(20-5-7-22-8-6-20)1-2-12(11)19-13(21)3-4-18/h1-2,9H,3,5-8H2,(H,19,21). The molecule has 8 heteroatoms. The molecule has 1 amide bonds. The van der Waals surface area contributed by atoms with Crippen molar-refractivity contribution in [2.24, 2.45) is 0 Å². The smallest absolute Gasteiger partial charge is 0.378 e. The number of anilines is 2. The summed E-state index contributed by atoms with van der Waals surface area (Å²) in [5.41, 5.74) is -0.846. The summed E-state index contributed by atoms with van der Waals surface area (Å²) in [4.78, 5) is 13.1. The molecule has 1 saturated heterocycles. The first kappa shape index (κ1) is 16.1. The van der Waals surface area contributed by atoms with Crippen molar-refractivity contribution >= 4 is 17.3 Å². The molecule has 1 N–H and O–H groups in total. The number of ether oxygens (including phenoxy) is 1. The van der Waals surface area contributed by atoms with Crippen molar-refractivity contribution in [3.05, 3.63) is 23.8 Å². The summed E-state index contributed by atoms with van der Waals surface area (Å²) in [5.74, 6) is -0.771. The molecule has 0 unspecified atom stereocenters. The lowest BCUT2D eigenvalue weighted by Crippen LogP contribution is -2.36. The summed E-state index contributed by atoms with van der Waals surface area (Å²) in [6.45, 7) is 1.94. The van der Waals surface area contributed by atoms with Crippen molar-refractivity contribution < 1.29 is 22.7 Å². The van der Waals surface area contributed by atoms with E-state index < -0.39 is 24.1 Å². The second kappa shape index (κ2) is 6.66. The Morgan fingerprint density at radius 2 is 2.05 bits per heavy atom. The highest BCUT2D eigenvalue weighted by Gasteiger charge is 2.34. The topological polar surface area (TPSA) is 65.4 Å². The van der Waals surface area contributed by atoms with Gasteiger partial charge in [0.2, 0.25) is 5.91 Å². The van der Waals surface area contributed by atoms with Gasteiger partial charge in [-0.05, 0) is 18.2 Å². The molecular formula is C14H14F3N3O2. The third-order valence-corrected chi connectivity index (χ3v) is 3.20. The maximum atomic E-state index is 13.2. The molecule has 0 atom stereocenters. The minimum atomic E-state index is -4.60. The van der Waals surface area contributed by atoms with E-state index in [2.05, 4.69) is 5.32 Å². The lowest BCUT2D eigenvalue weighted by molar-refractivity contribution is -0.136. The van der Waals surface area contributed by atoms with Crippen LogP contribution in [0.2, 0.25) is 0 Å². The molecule has 2 rings (SSSR count). The van der Waals surface area contributed by atoms with E-state index in [1.807, 2.05) is 0 Å². The number of halogens is 3. The number of hydrogen-bond donors (Lipinski definition) is 1. The maximum absolute atomic E-state index is 13.2. The van der Waals surface area contributed by atoms with E-state index >= 15 is 0 Å². The average molecular weight is 313 g/mol. The highest BCUT2D eigenvalue weighted by Crippen LogP contribution is 2.37. The van der Waals surface area contributed by atoms with Crippen LogP contribution in [-0.2, 0) is 15.7 Å². The number of morpholine rings is 1. The molecule has 1 fully saturated rings. The zero-order valence-corrected chi connectivity index (χ0v) is 11.6. The number of nitriles is 1. The van der Waals surface area contributed by atoms with Crippen LogP contribution in [-0.4, -0.2) is 32.2 Å². The van der Waals surface area contributed by atoms with Gasteiger partial charge >= 0.3 is 6.18 Å². The first-order valence-corrected chi connectivity index (χ1v) is 6.62. The highest BCUT2D eigenvalue weighted by atomic mass is 19.4. The molecule has 118 valence electrons. The summed E-state index contributed by atoms with van der Waals surface area (Å²) in [5, 5.41) is 10.5. The van der Waals surface area contributed by atoms with Crippen LogP contribution in [0, 0.1) is 11.3 Å². The van der Waals surface area contributed by atoms with E-state index in [9.17, 15) is 18.0 Å². The van der Waals surface area contributed by atoms with Crippen molar-refractivity contribution in [1.29, 1.82) is 5.26 Å². The molecule has 0 saturated carbocycles. The fourth-order valence-corrected chi connectivity index (χ4v) is 2.16. The normalized spacial score (nSPS) is 15.3. The molecule has 1 aromatic rings. The van der Waals surface area contributed by atoms with E-state index in [1.54, 1.807) is 11.0 Å². The molecule has 5 nitrogen and oxygen atoms in total. The van der Waals surface area contributed by atoms with Gasteiger partial charge in [0.15, 0.2) is 0 Å². The Hall–Kier alpha value is -2.27. The Balaban J connectivity index is 2.30. The second-order valence-corrected chi connectivity index (χ2v) is 4.71. The van der Waals surface area contributed by atoms with Gasteiger partial charge in [-0.2, -0.15) is 18.4 Å². The van der Waals surface area contributed by atoms with Gasteiger partial charge in [-0.15, -0.1) is 0 Å². The predicted molar refractivity (Wildman–Crippen MR) is 73.3 cm³/mol. The number of nitrogens with zero attached hydrogens (tertiary/aromatic N) is 2. The number of carbonyl (C=O) groups excluding carboxylic acids is 1. The highest BCUT2D eigenvalue weighted by molar-refractivity contribution is 5.93. The number of alkyl halides is 3. The largest absolute Gasteiger partial charge is 0.418 e. The van der Waals surface area contributed by atoms with Gasteiger partial charge < -0.3 is 15.0 Å². The van der Waals surface area contributed by atoms with Gasteiger partial charge in [0, 0.05) is 18.8 Å². The van der Waals surface area contributed by atoms with Gasteiger partial charge in [0.05, 0.1) is 30.5 Å². The minimum absolute atomic E-state index is 0.343. The summed E-state index contributed by atoms with van der Waals surface area (Å²) in [6, 6.07) is 5.33. The first-order valence-electron chi connectivity index (χ1n) is 6.62. The molecular weight excluding hydrogens is 299 g/mol. The zero-order chi connectivity index (χ0) is 16.2. The Morgan fingerprint density at radius 1 is 1.36 bits per heavy atom. The monoisotopic (exact) mass is 313 g/mol. The van der Waals surface area contributed by atoms with Gasteiger partial charge in [-0.25, -0.2) is 0 Å². The summed E-state index contributed by atoms with van der Waals surface area (Å²) in [7, 11) is 0. The van der Waals surface area contributed by atoms with E-state index in [1.165, 1.54) is 12.1 Å². The number of nitrogens with one attached hydrogen (secondary N) is 1. The SMILES string of the molecule is N#CCC(=O)Nc1ccc(N2CCOCC2)cc1C(F)(F)F. The van der Waals surface area contributed by atoms with Crippen molar-refractivity contribution in [2.75, 3.05) is 36.5 Å². The van der Waals surface area contributed by atoms with Gasteiger partial charge in [-0.3, -0.25) is 4.79 Å². The number of benzene rings is 1. The van der Waals surface area contributed by atoms with Crippen molar-refractivity contribution in [1.82, 2.24) is 0 Å². The summed E-state index contributed by atoms with van der Waals surface area (Å²) < 4.78 is 44.7. The second-order valence-electron chi connectivity index (χ2n) is 4.71. The van der Waals surface area contributed by atoms with E-state index in [-0.39, 0.29) is 5.69 Å². The minimum Gasteiger partial charge on any atom is -0.378 e. The summed E-state index contributed by atoms with van der Waals surface area (Å²) in [6.07, 6.45) is -5.10. The molecule has 0 spiro atoms.